The maximum absolute atomic E-state index is 2.32. The molecule has 0 aromatic carbocycles. The first-order valence-corrected chi connectivity index (χ1v) is 5.75. The molecule has 1 heterocycles. The molecule has 1 aromatic rings. The van der Waals surface area contributed by atoms with Crippen LogP contribution < -0.4 is 4.57 Å². The summed E-state index contributed by atoms with van der Waals surface area (Å²) < 4.78 is 2.32. The van der Waals surface area contributed by atoms with Crippen molar-refractivity contribution in [2.24, 2.45) is 7.05 Å². The molecular weight excluding hydrogens is 182 g/mol. The molecular formula is C14H24N+. The highest BCUT2D eigenvalue weighted by Crippen LogP contribution is 2.24. The van der Waals surface area contributed by atoms with Gasteiger partial charge in [0.2, 0.25) is 0 Å². The molecule has 0 aliphatic rings. The predicted molar refractivity (Wildman–Crippen MR) is 65.1 cm³/mol. The minimum Gasteiger partial charge on any atom is -0.202 e. The third-order valence-corrected chi connectivity index (χ3v) is 3.10. The summed E-state index contributed by atoms with van der Waals surface area (Å²) in [6.45, 7) is 13.5. The summed E-state index contributed by atoms with van der Waals surface area (Å²) in [5, 5.41) is 0. The smallest absolute Gasteiger partial charge is 0.183 e. The first-order valence-electron chi connectivity index (χ1n) is 5.75. The summed E-state index contributed by atoms with van der Waals surface area (Å²) in [5.41, 5.74) is 4.46. The highest BCUT2D eigenvalue weighted by Gasteiger charge is 2.24. The van der Waals surface area contributed by atoms with Crippen molar-refractivity contribution in [3.8, 4) is 0 Å². The largest absolute Gasteiger partial charge is 0.202 e. The van der Waals surface area contributed by atoms with Crippen LogP contribution in [0.15, 0.2) is 12.1 Å². The molecule has 1 nitrogen and oxygen atoms in total. The van der Waals surface area contributed by atoms with Crippen molar-refractivity contribution in [3.63, 3.8) is 0 Å². The Labute approximate surface area is 94.1 Å². The lowest BCUT2D eigenvalue weighted by molar-refractivity contribution is -0.686. The highest BCUT2D eigenvalue weighted by atomic mass is 14.9. The number of hydrogen-bond donors (Lipinski definition) is 0. The Morgan fingerprint density at radius 2 is 1.67 bits per heavy atom. The normalized spacial score (nSPS) is 12.3. The molecule has 1 aromatic heterocycles. The van der Waals surface area contributed by atoms with Crippen LogP contribution in [0.5, 0.6) is 0 Å². The minimum absolute atomic E-state index is 0.233. The van der Waals surface area contributed by atoms with Gasteiger partial charge in [0.25, 0.3) is 0 Å². The summed E-state index contributed by atoms with van der Waals surface area (Å²) in [4.78, 5) is 0. The zero-order chi connectivity index (χ0) is 11.8. The Hall–Kier alpha value is -0.850. The van der Waals surface area contributed by atoms with Gasteiger partial charge < -0.3 is 0 Å². The molecule has 0 aliphatic carbocycles. The highest BCUT2D eigenvalue weighted by molar-refractivity contribution is 5.25. The second kappa shape index (κ2) is 3.96. The number of nitrogens with zero attached hydrogens (tertiary/aromatic N) is 1. The SMILES string of the molecule is Cc1c(C(C)(C)C)ccc(C(C)C)[n+]1C. The van der Waals surface area contributed by atoms with Crippen molar-refractivity contribution in [2.75, 3.05) is 0 Å². The molecule has 0 spiro atoms. The van der Waals surface area contributed by atoms with E-state index in [1.807, 2.05) is 0 Å². The fourth-order valence-corrected chi connectivity index (χ4v) is 2.15. The van der Waals surface area contributed by atoms with Crippen molar-refractivity contribution in [2.45, 2.75) is 52.9 Å². The number of rotatable bonds is 1. The third kappa shape index (κ3) is 2.39. The zero-order valence-corrected chi connectivity index (χ0v) is 11.2. The summed E-state index contributed by atoms with van der Waals surface area (Å²) in [5.74, 6) is 0.586. The molecule has 0 bridgehead atoms. The van der Waals surface area contributed by atoms with Gasteiger partial charge in [-0.1, -0.05) is 34.6 Å². The van der Waals surface area contributed by atoms with E-state index in [0.717, 1.165) is 0 Å². The summed E-state index contributed by atoms with van der Waals surface area (Å²) in [6, 6.07) is 4.54. The van der Waals surface area contributed by atoms with Crippen molar-refractivity contribution in [1.82, 2.24) is 0 Å². The van der Waals surface area contributed by atoms with Gasteiger partial charge in [-0.3, -0.25) is 0 Å². The standard InChI is InChI=1S/C14H24N/c1-10(2)13-9-8-12(14(4,5)6)11(3)15(13)7/h8-10H,1-7H3/q+1. The van der Waals surface area contributed by atoms with Gasteiger partial charge in [0.1, 0.15) is 7.05 Å². The Balaban J connectivity index is 3.34. The van der Waals surface area contributed by atoms with Crippen LogP contribution in [0.1, 0.15) is 57.5 Å². The second-order valence-electron chi connectivity index (χ2n) is 5.72. The predicted octanol–water partition coefficient (Wildman–Crippen LogP) is 3.24. The van der Waals surface area contributed by atoms with Crippen LogP contribution in [0.4, 0.5) is 0 Å². The molecule has 1 heteroatoms. The molecule has 0 fully saturated rings. The molecule has 0 atom stereocenters. The van der Waals surface area contributed by atoms with Gasteiger partial charge >= 0.3 is 0 Å². The average molecular weight is 206 g/mol. The number of hydrogen-bond acceptors (Lipinski definition) is 0. The molecule has 0 N–H and O–H groups in total. The number of aromatic nitrogens is 1. The summed E-state index contributed by atoms with van der Waals surface area (Å²) >= 11 is 0. The van der Waals surface area contributed by atoms with E-state index in [0.29, 0.717) is 5.92 Å². The van der Waals surface area contributed by atoms with E-state index in [2.05, 4.69) is 65.3 Å². The van der Waals surface area contributed by atoms with E-state index >= 15 is 0 Å². The second-order valence-corrected chi connectivity index (χ2v) is 5.72. The van der Waals surface area contributed by atoms with Gasteiger partial charge in [-0.25, -0.2) is 4.57 Å². The monoisotopic (exact) mass is 206 g/mol. The number of pyridine rings is 1. The lowest BCUT2D eigenvalue weighted by Gasteiger charge is -2.20. The van der Waals surface area contributed by atoms with E-state index in [4.69, 9.17) is 0 Å². The van der Waals surface area contributed by atoms with Gasteiger partial charge in [-0.05, 0) is 11.5 Å². The van der Waals surface area contributed by atoms with Crippen molar-refractivity contribution in [1.29, 1.82) is 0 Å². The molecule has 0 unspecified atom stereocenters. The quantitative estimate of drug-likeness (QED) is 0.621. The van der Waals surface area contributed by atoms with E-state index < -0.39 is 0 Å². The molecule has 84 valence electrons. The minimum atomic E-state index is 0.233. The van der Waals surface area contributed by atoms with Crippen LogP contribution in [-0.2, 0) is 12.5 Å². The maximum Gasteiger partial charge on any atom is 0.183 e. The first-order chi connectivity index (χ1) is 6.75. The molecule has 0 aliphatic heterocycles. The fraction of sp³-hybridized carbons (Fsp3) is 0.643. The van der Waals surface area contributed by atoms with E-state index in [9.17, 15) is 0 Å². The zero-order valence-electron chi connectivity index (χ0n) is 11.2. The molecule has 0 amide bonds. The van der Waals surface area contributed by atoms with Crippen LogP contribution in [-0.4, -0.2) is 0 Å². The van der Waals surface area contributed by atoms with Crippen LogP contribution in [0.25, 0.3) is 0 Å². The van der Waals surface area contributed by atoms with Crippen LogP contribution in [0.2, 0.25) is 0 Å². The molecule has 0 saturated carbocycles. The van der Waals surface area contributed by atoms with Gasteiger partial charge in [0.15, 0.2) is 11.4 Å². The van der Waals surface area contributed by atoms with Gasteiger partial charge in [0, 0.05) is 24.5 Å². The van der Waals surface area contributed by atoms with E-state index in [1.165, 1.54) is 17.0 Å². The molecule has 0 radical (unpaired) electrons. The van der Waals surface area contributed by atoms with E-state index in [1.54, 1.807) is 0 Å². The maximum atomic E-state index is 2.32. The lowest BCUT2D eigenvalue weighted by atomic mass is 9.85. The first kappa shape index (κ1) is 12.2. The molecule has 1 rings (SSSR count). The van der Waals surface area contributed by atoms with Crippen molar-refractivity contribution < 1.29 is 4.57 Å². The Morgan fingerprint density at radius 1 is 1.13 bits per heavy atom. The van der Waals surface area contributed by atoms with Gasteiger partial charge in [-0.15, -0.1) is 0 Å². The lowest BCUT2D eigenvalue weighted by Crippen LogP contribution is -2.40. The van der Waals surface area contributed by atoms with Crippen molar-refractivity contribution >= 4 is 0 Å². The Morgan fingerprint density at radius 3 is 2.07 bits per heavy atom. The summed E-state index contributed by atoms with van der Waals surface area (Å²) in [7, 11) is 2.17. The Bertz CT molecular complexity index is 356. The van der Waals surface area contributed by atoms with E-state index in [-0.39, 0.29) is 5.41 Å². The van der Waals surface area contributed by atoms with Crippen LogP contribution in [0, 0.1) is 6.92 Å². The van der Waals surface area contributed by atoms with Crippen LogP contribution in [0.3, 0.4) is 0 Å². The van der Waals surface area contributed by atoms with Crippen molar-refractivity contribution in [3.05, 3.63) is 29.1 Å². The topological polar surface area (TPSA) is 3.88 Å². The fourth-order valence-electron chi connectivity index (χ4n) is 2.15. The average Bonchev–Trinajstić information content (AvgIpc) is 2.06. The molecule has 0 saturated heterocycles. The Kier molecular flexibility index (Phi) is 3.22. The third-order valence-electron chi connectivity index (χ3n) is 3.10. The van der Waals surface area contributed by atoms with Crippen LogP contribution >= 0.6 is 0 Å². The molecule has 15 heavy (non-hydrogen) atoms. The summed E-state index contributed by atoms with van der Waals surface area (Å²) in [6.07, 6.45) is 0. The van der Waals surface area contributed by atoms with Gasteiger partial charge in [0.05, 0.1) is 0 Å². The van der Waals surface area contributed by atoms with Gasteiger partial charge in [-0.2, -0.15) is 0 Å².